The molecule has 0 radical (unpaired) electrons. The molecule has 0 aliphatic rings. The molecule has 0 amide bonds. The first-order valence-electron chi connectivity index (χ1n) is 6.38. The SMILES string of the molecule is CC(C)O[Si](CCN=C=O)(OC(C)C)OC(C)C. The van der Waals surface area contributed by atoms with E-state index in [0.717, 1.165) is 0 Å². The zero-order valence-electron chi connectivity index (χ0n) is 12.2. The van der Waals surface area contributed by atoms with Crippen LogP contribution in [0.25, 0.3) is 0 Å². The number of rotatable bonds is 9. The highest BCUT2D eigenvalue weighted by atomic mass is 28.4. The third-order valence-corrected chi connectivity index (χ3v) is 5.17. The van der Waals surface area contributed by atoms with Crippen LogP contribution in [0.1, 0.15) is 41.5 Å². The quantitative estimate of drug-likeness (QED) is 0.368. The molecule has 0 N–H and O–H groups in total. The van der Waals surface area contributed by atoms with Crippen LogP contribution in [0, 0.1) is 0 Å². The third kappa shape index (κ3) is 7.74. The maximum atomic E-state index is 10.2. The highest BCUT2D eigenvalue weighted by molar-refractivity contribution is 6.61. The van der Waals surface area contributed by atoms with Crippen LogP contribution in [-0.4, -0.2) is 39.7 Å². The van der Waals surface area contributed by atoms with Gasteiger partial charge in [-0.15, -0.1) is 0 Å². The monoisotopic (exact) mass is 275 g/mol. The molecule has 0 fully saturated rings. The second kappa shape index (κ2) is 8.56. The van der Waals surface area contributed by atoms with E-state index in [0.29, 0.717) is 12.6 Å². The van der Waals surface area contributed by atoms with E-state index in [1.807, 2.05) is 41.5 Å². The van der Waals surface area contributed by atoms with Crippen LogP contribution in [0.5, 0.6) is 0 Å². The van der Waals surface area contributed by atoms with Crippen LogP contribution in [-0.2, 0) is 18.1 Å². The molecule has 0 atom stereocenters. The fraction of sp³-hybridized carbons (Fsp3) is 0.917. The van der Waals surface area contributed by atoms with Crippen LogP contribution < -0.4 is 0 Å². The van der Waals surface area contributed by atoms with Crippen molar-refractivity contribution in [1.29, 1.82) is 0 Å². The molecule has 0 aliphatic carbocycles. The zero-order chi connectivity index (χ0) is 14.2. The summed E-state index contributed by atoms with van der Waals surface area (Å²) in [7, 11) is -2.79. The Morgan fingerprint density at radius 3 is 1.61 bits per heavy atom. The van der Waals surface area contributed by atoms with E-state index in [4.69, 9.17) is 13.3 Å². The highest BCUT2D eigenvalue weighted by Crippen LogP contribution is 2.22. The topological polar surface area (TPSA) is 57.1 Å². The number of aliphatic imine (C=N–C) groups is 1. The van der Waals surface area contributed by atoms with Crippen molar-refractivity contribution in [2.24, 2.45) is 4.99 Å². The predicted molar refractivity (Wildman–Crippen MR) is 72.2 cm³/mol. The summed E-state index contributed by atoms with van der Waals surface area (Å²) in [4.78, 5) is 13.7. The molecular formula is C12H25NO4Si. The van der Waals surface area contributed by atoms with Crippen LogP contribution in [0.15, 0.2) is 4.99 Å². The van der Waals surface area contributed by atoms with Crippen molar-refractivity contribution in [3.8, 4) is 0 Å². The van der Waals surface area contributed by atoms with E-state index in [1.54, 1.807) is 0 Å². The first-order valence-corrected chi connectivity index (χ1v) is 8.31. The molecule has 0 aromatic carbocycles. The van der Waals surface area contributed by atoms with E-state index in [2.05, 4.69) is 4.99 Å². The second-order valence-electron chi connectivity index (χ2n) is 4.91. The zero-order valence-corrected chi connectivity index (χ0v) is 13.2. The average molecular weight is 275 g/mol. The summed E-state index contributed by atoms with van der Waals surface area (Å²) in [6, 6.07) is 0.497. The van der Waals surface area contributed by atoms with Crippen LogP contribution in [0.4, 0.5) is 0 Å². The number of hydrogen-bond donors (Lipinski definition) is 0. The van der Waals surface area contributed by atoms with Gasteiger partial charge in [0.05, 0.1) is 6.54 Å². The van der Waals surface area contributed by atoms with Gasteiger partial charge in [0.15, 0.2) is 0 Å². The van der Waals surface area contributed by atoms with Gasteiger partial charge >= 0.3 is 8.80 Å². The van der Waals surface area contributed by atoms with Gasteiger partial charge in [-0.25, -0.2) is 9.79 Å². The fourth-order valence-electron chi connectivity index (χ4n) is 1.58. The molecule has 0 aliphatic heterocycles. The molecule has 0 unspecified atom stereocenters. The summed E-state index contributed by atoms with van der Waals surface area (Å²) in [5.74, 6) is 0. The Labute approximate surface area is 111 Å². The lowest BCUT2D eigenvalue weighted by Gasteiger charge is -2.34. The van der Waals surface area contributed by atoms with Crippen molar-refractivity contribution >= 4 is 14.9 Å². The molecule has 5 nitrogen and oxygen atoms in total. The summed E-state index contributed by atoms with van der Waals surface area (Å²) >= 11 is 0. The summed E-state index contributed by atoms with van der Waals surface area (Å²) in [6.07, 6.45) is 1.56. The standard InChI is InChI=1S/C12H25NO4Si/c1-10(2)15-18(16-11(3)4,17-12(5)6)8-7-13-9-14/h10-12H,7-8H2,1-6H3. The summed E-state index contributed by atoms with van der Waals surface area (Å²) in [6.45, 7) is 12.0. The number of isocyanates is 1. The van der Waals surface area contributed by atoms with Gasteiger partial charge in [0, 0.05) is 24.4 Å². The summed E-state index contributed by atoms with van der Waals surface area (Å²) in [5.41, 5.74) is 0. The van der Waals surface area contributed by atoms with Crippen molar-refractivity contribution in [2.45, 2.75) is 65.9 Å². The molecule has 0 saturated heterocycles. The fourth-order valence-corrected chi connectivity index (χ4v) is 4.64. The van der Waals surface area contributed by atoms with Crippen LogP contribution in [0.3, 0.4) is 0 Å². The van der Waals surface area contributed by atoms with Crippen molar-refractivity contribution in [1.82, 2.24) is 0 Å². The van der Waals surface area contributed by atoms with E-state index >= 15 is 0 Å². The molecule has 18 heavy (non-hydrogen) atoms. The lowest BCUT2D eigenvalue weighted by atomic mass is 10.5. The summed E-state index contributed by atoms with van der Waals surface area (Å²) in [5, 5.41) is 0. The predicted octanol–water partition coefficient (Wildman–Crippen LogP) is 2.54. The minimum atomic E-state index is -2.79. The Morgan fingerprint density at radius 1 is 0.944 bits per heavy atom. The lowest BCUT2D eigenvalue weighted by molar-refractivity contribution is 0.00378. The number of nitrogens with zero attached hydrogens (tertiary/aromatic N) is 1. The van der Waals surface area contributed by atoms with E-state index in [1.165, 1.54) is 6.08 Å². The Bertz CT molecular complexity index is 249. The van der Waals surface area contributed by atoms with E-state index < -0.39 is 8.80 Å². The first-order chi connectivity index (χ1) is 8.31. The van der Waals surface area contributed by atoms with Crippen molar-refractivity contribution in [3.63, 3.8) is 0 Å². The number of hydrogen-bond acceptors (Lipinski definition) is 5. The molecule has 0 bridgehead atoms. The van der Waals surface area contributed by atoms with Gasteiger partial charge in [0.25, 0.3) is 0 Å². The third-order valence-electron chi connectivity index (χ3n) is 1.84. The summed E-state index contributed by atoms with van der Waals surface area (Å²) < 4.78 is 17.7. The molecule has 6 heteroatoms. The van der Waals surface area contributed by atoms with Crippen molar-refractivity contribution in [2.75, 3.05) is 6.54 Å². The largest absolute Gasteiger partial charge is 0.503 e. The van der Waals surface area contributed by atoms with Gasteiger partial charge in [-0.1, -0.05) is 0 Å². The smallest absolute Gasteiger partial charge is 0.371 e. The Hall–Kier alpha value is -0.523. The van der Waals surface area contributed by atoms with Crippen LogP contribution >= 0.6 is 0 Å². The lowest BCUT2D eigenvalue weighted by Crippen LogP contribution is -2.51. The molecule has 106 valence electrons. The average Bonchev–Trinajstić information content (AvgIpc) is 2.13. The minimum Gasteiger partial charge on any atom is -0.371 e. The van der Waals surface area contributed by atoms with Crippen LogP contribution in [0.2, 0.25) is 6.04 Å². The van der Waals surface area contributed by atoms with Gasteiger partial charge < -0.3 is 13.3 Å². The van der Waals surface area contributed by atoms with Crippen molar-refractivity contribution < 1.29 is 18.1 Å². The molecule has 0 rings (SSSR count). The second-order valence-corrected chi connectivity index (χ2v) is 7.48. The molecule has 0 aromatic rings. The maximum absolute atomic E-state index is 10.2. The Balaban J connectivity index is 4.90. The van der Waals surface area contributed by atoms with Gasteiger partial charge in [-0.3, -0.25) is 0 Å². The molecule has 0 heterocycles. The molecule has 0 spiro atoms. The normalized spacial score (nSPS) is 12.3. The Kier molecular flexibility index (Phi) is 8.31. The van der Waals surface area contributed by atoms with E-state index in [9.17, 15) is 4.79 Å². The van der Waals surface area contributed by atoms with Gasteiger partial charge in [0.1, 0.15) is 0 Å². The minimum absolute atomic E-state index is 0.00868. The van der Waals surface area contributed by atoms with Gasteiger partial charge in [0.2, 0.25) is 6.08 Å². The Morgan fingerprint density at radius 2 is 1.33 bits per heavy atom. The van der Waals surface area contributed by atoms with Gasteiger partial charge in [-0.05, 0) is 41.5 Å². The maximum Gasteiger partial charge on any atom is 0.503 e. The molecule has 0 saturated carbocycles. The molecular weight excluding hydrogens is 250 g/mol. The van der Waals surface area contributed by atoms with E-state index in [-0.39, 0.29) is 18.3 Å². The van der Waals surface area contributed by atoms with Crippen molar-refractivity contribution in [3.05, 3.63) is 0 Å². The first kappa shape index (κ1) is 17.5. The molecule has 0 aromatic heterocycles. The highest BCUT2D eigenvalue weighted by Gasteiger charge is 2.43. The van der Waals surface area contributed by atoms with Gasteiger partial charge in [-0.2, -0.15) is 0 Å². The number of carbonyl (C=O) groups excluding carboxylic acids is 1.